The third kappa shape index (κ3) is 5.24. The van der Waals surface area contributed by atoms with Crippen molar-refractivity contribution in [1.82, 2.24) is 9.21 Å². The Morgan fingerprint density at radius 1 is 0.969 bits per heavy atom. The van der Waals surface area contributed by atoms with Crippen molar-refractivity contribution in [2.45, 2.75) is 44.0 Å². The second-order valence-corrected chi connectivity index (χ2v) is 10.1. The number of rotatable bonds is 7. The lowest BCUT2D eigenvalue weighted by Gasteiger charge is -2.22. The van der Waals surface area contributed by atoms with E-state index in [9.17, 15) is 13.2 Å². The lowest BCUT2D eigenvalue weighted by molar-refractivity contribution is 0.0784. The molecule has 7 nitrogen and oxygen atoms in total. The molecule has 0 radical (unpaired) electrons. The smallest absolute Gasteiger partial charge is 0.253 e. The van der Waals surface area contributed by atoms with Crippen LogP contribution in [-0.2, 0) is 16.6 Å². The summed E-state index contributed by atoms with van der Waals surface area (Å²) in [5, 5.41) is 0. The van der Waals surface area contributed by atoms with Gasteiger partial charge in [-0.05, 0) is 55.2 Å². The van der Waals surface area contributed by atoms with Gasteiger partial charge in [-0.3, -0.25) is 4.79 Å². The van der Waals surface area contributed by atoms with Gasteiger partial charge in [-0.1, -0.05) is 25.0 Å². The molecular weight excluding hydrogens is 428 g/mol. The Morgan fingerprint density at radius 3 is 2.25 bits per heavy atom. The summed E-state index contributed by atoms with van der Waals surface area (Å²) in [4.78, 5) is 14.9. The molecule has 2 aromatic carbocycles. The average molecular weight is 461 g/mol. The number of amides is 1. The van der Waals surface area contributed by atoms with Crippen LogP contribution in [0.15, 0.2) is 41.3 Å². The van der Waals surface area contributed by atoms with Crippen LogP contribution in [0.5, 0.6) is 11.5 Å². The number of methoxy groups -OCH3 is 2. The monoisotopic (exact) mass is 460 g/mol. The molecule has 1 amide bonds. The van der Waals surface area contributed by atoms with Crippen LogP contribution in [-0.4, -0.2) is 57.9 Å². The van der Waals surface area contributed by atoms with Gasteiger partial charge in [-0.25, -0.2) is 8.42 Å². The Bertz CT molecular complexity index is 1060. The van der Waals surface area contributed by atoms with Crippen LogP contribution in [0.3, 0.4) is 0 Å². The number of hydrogen-bond donors (Lipinski definition) is 0. The number of nitrogens with zero attached hydrogens (tertiary/aromatic N) is 2. The van der Waals surface area contributed by atoms with Gasteiger partial charge in [0.1, 0.15) is 0 Å². The minimum atomic E-state index is -3.64. The zero-order chi connectivity index (χ0) is 23.3. The second-order valence-electron chi connectivity index (χ2n) is 8.15. The molecule has 0 saturated carbocycles. The Balaban J connectivity index is 1.83. The predicted octanol–water partition coefficient (Wildman–Crippen LogP) is 3.85. The van der Waals surface area contributed by atoms with Crippen LogP contribution in [0.1, 0.15) is 47.2 Å². The Morgan fingerprint density at radius 2 is 1.62 bits per heavy atom. The molecule has 0 spiro atoms. The van der Waals surface area contributed by atoms with Gasteiger partial charge in [0.25, 0.3) is 5.91 Å². The molecule has 1 fully saturated rings. The quantitative estimate of drug-likeness (QED) is 0.627. The van der Waals surface area contributed by atoms with E-state index in [1.54, 1.807) is 55.6 Å². The van der Waals surface area contributed by atoms with E-state index in [2.05, 4.69) is 0 Å². The van der Waals surface area contributed by atoms with Crippen molar-refractivity contribution in [3.63, 3.8) is 0 Å². The molecule has 0 bridgehead atoms. The first-order valence-corrected chi connectivity index (χ1v) is 12.3. The van der Waals surface area contributed by atoms with E-state index in [1.807, 2.05) is 12.1 Å². The molecule has 32 heavy (non-hydrogen) atoms. The number of hydrogen-bond acceptors (Lipinski definition) is 5. The van der Waals surface area contributed by atoms with Gasteiger partial charge in [0.15, 0.2) is 11.5 Å². The van der Waals surface area contributed by atoms with E-state index < -0.39 is 10.0 Å². The molecule has 0 aromatic heterocycles. The zero-order valence-electron chi connectivity index (χ0n) is 19.3. The maximum atomic E-state index is 13.3. The molecule has 0 atom stereocenters. The van der Waals surface area contributed by atoms with Crippen molar-refractivity contribution in [3.8, 4) is 11.5 Å². The maximum absolute atomic E-state index is 13.3. The molecular formula is C24H32N2O5S. The summed E-state index contributed by atoms with van der Waals surface area (Å²) in [5.41, 5.74) is 1.88. The third-order valence-electron chi connectivity index (χ3n) is 5.83. The molecule has 1 aliphatic rings. The van der Waals surface area contributed by atoms with Crippen molar-refractivity contribution in [2.75, 3.05) is 34.4 Å². The van der Waals surface area contributed by atoms with E-state index >= 15 is 0 Å². The van der Waals surface area contributed by atoms with Crippen LogP contribution in [0.4, 0.5) is 0 Å². The van der Waals surface area contributed by atoms with Gasteiger partial charge >= 0.3 is 0 Å². The minimum Gasteiger partial charge on any atom is -0.493 e. The molecule has 174 valence electrons. The van der Waals surface area contributed by atoms with Crippen LogP contribution in [0, 0.1) is 6.92 Å². The Labute approximate surface area is 191 Å². The fourth-order valence-electron chi connectivity index (χ4n) is 3.98. The lowest BCUT2D eigenvalue weighted by atomic mass is 10.1. The highest BCUT2D eigenvalue weighted by atomic mass is 32.2. The van der Waals surface area contributed by atoms with Crippen LogP contribution >= 0.6 is 0 Å². The maximum Gasteiger partial charge on any atom is 0.253 e. The highest BCUT2D eigenvalue weighted by molar-refractivity contribution is 7.89. The summed E-state index contributed by atoms with van der Waals surface area (Å²) in [7, 11) is 1.19. The number of aryl methyl sites for hydroxylation is 1. The molecule has 3 rings (SSSR count). The zero-order valence-corrected chi connectivity index (χ0v) is 20.1. The van der Waals surface area contributed by atoms with Crippen LogP contribution in [0.2, 0.25) is 0 Å². The van der Waals surface area contributed by atoms with Crippen molar-refractivity contribution >= 4 is 15.9 Å². The van der Waals surface area contributed by atoms with E-state index in [0.29, 0.717) is 42.3 Å². The number of ether oxygens (including phenoxy) is 2. The molecule has 1 aliphatic heterocycles. The number of carbonyl (C=O) groups excluding carboxylic acids is 1. The number of sulfonamides is 1. The van der Waals surface area contributed by atoms with E-state index in [-0.39, 0.29) is 10.8 Å². The second kappa shape index (κ2) is 10.4. The molecule has 1 saturated heterocycles. The summed E-state index contributed by atoms with van der Waals surface area (Å²) in [5.74, 6) is 0.964. The summed E-state index contributed by atoms with van der Waals surface area (Å²) in [6.45, 7) is 3.17. The van der Waals surface area contributed by atoms with Crippen molar-refractivity contribution < 1.29 is 22.7 Å². The first-order chi connectivity index (χ1) is 15.3. The van der Waals surface area contributed by atoms with Gasteiger partial charge < -0.3 is 14.4 Å². The van der Waals surface area contributed by atoms with Gasteiger partial charge in [-0.2, -0.15) is 4.31 Å². The SMILES string of the molecule is COc1ccc(CN(C)C(=O)c2ccc(C)c(S(=O)(=O)N3CCCCCC3)c2)cc1OC. The predicted molar refractivity (Wildman–Crippen MR) is 124 cm³/mol. The molecule has 0 aliphatic carbocycles. The standard InChI is InChI=1S/C24H32N2O5S/c1-18-9-11-20(16-23(18)32(28,29)26-13-7-5-6-8-14-26)24(27)25(2)17-19-10-12-21(30-3)22(15-19)31-4/h9-12,15-16H,5-8,13-14,17H2,1-4H3. The number of carbonyl (C=O) groups is 1. The summed E-state index contributed by atoms with van der Waals surface area (Å²) in [6, 6.07) is 10.4. The Hall–Kier alpha value is -2.58. The molecule has 0 N–H and O–H groups in total. The van der Waals surface area contributed by atoms with Crippen molar-refractivity contribution in [2.24, 2.45) is 0 Å². The van der Waals surface area contributed by atoms with Gasteiger partial charge in [0.05, 0.1) is 19.1 Å². The van der Waals surface area contributed by atoms with Crippen LogP contribution < -0.4 is 9.47 Å². The molecule has 8 heteroatoms. The van der Waals surface area contributed by atoms with Gasteiger partial charge in [0.2, 0.25) is 10.0 Å². The third-order valence-corrected chi connectivity index (χ3v) is 7.87. The van der Waals surface area contributed by atoms with E-state index in [4.69, 9.17) is 9.47 Å². The normalized spacial score (nSPS) is 15.1. The minimum absolute atomic E-state index is 0.213. The highest BCUT2D eigenvalue weighted by Gasteiger charge is 2.28. The first kappa shape index (κ1) is 24.1. The number of benzene rings is 2. The van der Waals surface area contributed by atoms with Crippen molar-refractivity contribution in [1.29, 1.82) is 0 Å². The van der Waals surface area contributed by atoms with Crippen molar-refractivity contribution in [3.05, 3.63) is 53.1 Å². The molecule has 0 unspecified atom stereocenters. The lowest BCUT2D eigenvalue weighted by Crippen LogP contribution is -2.33. The largest absolute Gasteiger partial charge is 0.493 e. The topological polar surface area (TPSA) is 76.2 Å². The average Bonchev–Trinajstić information content (AvgIpc) is 3.09. The van der Waals surface area contributed by atoms with E-state index in [0.717, 1.165) is 31.2 Å². The molecule has 2 aromatic rings. The highest BCUT2D eigenvalue weighted by Crippen LogP contribution is 2.28. The van der Waals surface area contributed by atoms with E-state index in [1.165, 1.54) is 6.07 Å². The van der Waals surface area contributed by atoms with Crippen LogP contribution in [0.25, 0.3) is 0 Å². The fourth-order valence-corrected chi connectivity index (χ4v) is 5.75. The fraction of sp³-hybridized carbons (Fsp3) is 0.458. The first-order valence-electron chi connectivity index (χ1n) is 10.8. The summed E-state index contributed by atoms with van der Waals surface area (Å²) in [6.07, 6.45) is 3.82. The summed E-state index contributed by atoms with van der Waals surface area (Å²) >= 11 is 0. The van der Waals surface area contributed by atoms with Gasteiger partial charge in [-0.15, -0.1) is 0 Å². The molecule has 1 heterocycles. The summed E-state index contributed by atoms with van der Waals surface area (Å²) < 4.78 is 38.8. The van der Waals surface area contributed by atoms with Gasteiger partial charge in [0, 0.05) is 32.2 Å². The Kier molecular flexibility index (Phi) is 7.79.